The fraction of sp³-hybridized carbons (Fsp3) is 0.571. The Kier molecular flexibility index (Phi) is 4.36. The van der Waals surface area contributed by atoms with Crippen LogP contribution in [0.2, 0.25) is 0 Å². The molecule has 2 unspecified atom stereocenters. The van der Waals surface area contributed by atoms with E-state index in [0.29, 0.717) is 5.56 Å². The number of halogens is 4. The van der Waals surface area contributed by atoms with Crippen LogP contribution in [0.5, 0.6) is 0 Å². The standard InChI is InChI=1S/C14H16BrF3/c15-13-9-3-1-2-7-11(13)10-6-4-5-8-12(10)14(16,17)18/h4-6,8,11,13H,1-3,7,9H2. The third-order valence-electron chi connectivity index (χ3n) is 3.60. The highest BCUT2D eigenvalue weighted by molar-refractivity contribution is 9.09. The largest absolute Gasteiger partial charge is 0.416 e. The van der Waals surface area contributed by atoms with Gasteiger partial charge in [0, 0.05) is 4.83 Å². The van der Waals surface area contributed by atoms with Crippen molar-refractivity contribution in [3.8, 4) is 0 Å². The summed E-state index contributed by atoms with van der Waals surface area (Å²) in [6.07, 6.45) is 0.766. The van der Waals surface area contributed by atoms with E-state index in [-0.39, 0.29) is 10.7 Å². The molecule has 0 radical (unpaired) electrons. The Labute approximate surface area is 114 Å². The zero-order chi connectivity index (χ0) is 13.2. The highest BCUT2D eigenvalue weighted by atomic mass is 79.9. The van der Waals surface area contributed by atoms with Gasteiger partial charge in [-0.2, -0.15) is 13.2 Å². The monoisotopic (exact) mass is 320 g/mol. The van der Waals surface area contributed by atoms with Crippen molar-refractivity contribution in [1.29, 1.82) is 0 Å². The van der Waals surface area contributed by atoms with Gasteiger partial charge in [0.1, 0.15) is 0 Å². The zero-order valence-electron chi connectivity index (χ0n) is 10.0. The van der Waals surface area contributed by atoms with Crippen LogP contribution in [0.4, 0.5) is 13.2 Å². The van der Waals surface area contributed by atoms with Crippen molar-refractivity contribution in [2.24, 2.45) is 0 Å². The fourth-order valence-electron chi connectivity index (χ4n) is 2.69. The molecule has 1 aliphatic carbocycles. The number of alkyl halides is 4. The molecule has 1 fully saturated rings. The Morgan fingerprint density at radius 1 is 1.00 bits per heavy atom. The molecule has 0 heterocycles. The number of benzene rings is 1. The second-order valence-electron chi connectivity index (χ2n) is 4.85. The van der Waals surface area contributed by atoms with Crippen LogP contribution in [0, 0.1) is 0 Å². The van der Waals surface area contributed by atoms with Gasteiger partial charge in [0.15, 0.2) is 0 Å². The molecule has 1 saturated carbocycles. The minimum Gasteiger partial charge on any atom is -0.166 e. The molecule has 100 valence electrons. The first-order valence-corrected chi connectivity index (χ1v) is 7.22. The SMILES string of the molecule is FC(F)(F)c1ccccc1C1CCCCCC1Br. The lowest BCUT2D eigenvalue weighted by molar-refractivity contribution is -0.138. The summed E-state index contributed by atoms with van der Waals surface area (Å²) in [5.41, 5.74) is -0.0184. The second-order valence-corrected chi connectivity index (χ2v) is 6.02. The summed E-state index contributed by atoms with van der Waals surface area (Å²) in [5.74, 6) is -0.0228. The highest BCUT2D eigenvalue weighted by Crippen LogP contribution is 2.42. The van der Waals surface area contributed by atoms with Crippen LogP contribution in [0.1, 0.15) is 49.1 Å². The Morgan fingerprint density at radius 2 is 1.67 bits per heavy atom. The van der Waals surface area contributed by atoms with Crippen molar-refractivity contribution in [2.45, 2.75) is 49.0 Å². The second kappa shape index (κ2) is 5.64. The summed E-state index contributed by atoms with van der Waals surface area (Å²) in [6.45, 7) is 0. The summed E-state index contributed by atoms with van der Waals surface area (Å²) < 4.78 is 39.1. The van der Waals surface area contributed by atoms with Gasteiger partial charge in [-0.25, -0.2) is 0 Å². The van der Waals surface area contributed by atoms with E-state index in [4.69, 9.17) is 0 Å². The van der Waals surface area contributed by atoms with E-state index in [1.165, 1.54) is 12.1 Å². The van der Waals surface area contributed by atoms with E-state index in [9.17, 15) is 13.2 Å². The van der Waals surface area contributed by atoms with Gasteiger partial charge >= 0.3 is 6.18 Å². The van der Waals surface area contributed by atoms with E-state index < -0.39 is 11.7 Å². The number of rotatable bonds is 1. The Hall–Kier alpha value is -0.510. The first-order chi connectivity index (χ1) is 8.50. The highest BCUT2D eigenvalue weighted by Gasteiger charge is 2.36. The molecule has 0 aromatic heterocycles. The Balaban J connectivity index is 2.37. The van der Waals surface area contributed by atoms with Gasteiger partial charge in [0.2, 0.25) is 0 Å². The van der Waals surface area contributed by atoms with E-state index in [1.807, 2.05) is 0 Å². The molecule has 1 aliphatic rings. The summed E-state index contributed by atoms with van der Waals surface area (Å²) in [4.78, 5) is 0.156. The van der Waals surface area contributed by atoms with E-state index in [0.717, 1.165) is 32.1 Å². The van der Waals surface area contributed by atoms with Crippen molar-refractivity contribution >= 4 is 15.9 Å². The molecule has 0 N–H and O–H groups in total. The first kappa shape index (κ1) is 13.9. The minimum atomic E-state index is -4.25. The molecule has 4 heteroatoms. The maximum Gasteiger partial charge on any atom is 0.416 e. The molecule has 2 rings (SSSR count). The van der Waals surface area contributed by atoms with Gasteiger partial charge < -0.3 is 0 Å². The van der Waals surface area contributed by atoms with Gasteiger partial charge in [0.25, 0.3) is 0 Å². The molecular weight excluding hydrogens is 305 g/mol. The Morgan fingerprint density at radius 3 is 2.39 bits per heavy atom. The molecule has 1 aromatic carbocycles. The fourth-order valence-corrected chi connectivity index (χ4v) is 3.56. The van der Waals surface area contributed by atoms with Crippen LogP contribution in [0.15, 0.2) is 24.3 Å². The summed E-state index contributed by atoms with van der Waals surface area (Å²) >= 11 is 3.57. The molecule has 2 atom stereocenters. The summed E-state index contributed by atoms with van der Waals surface area (Å²) in [6, 6.07) is 5.99. The van der Waals surface area contributed by atoms with Crippen molar-refractivity contribution in [3.63, 3.8) is 0 Å². The van der Waals surface area contributed by atoms with Crippen molar-refractivity contribution in [1.82, 2.24) is 0 Å². The molecule has 0 nitrogen and oxygen atoms in total. The normalized spacial score (nSPS) is 25.8. The topological polar surface area (TPSA) is 0 Å². The van der Waals surface area contributed by atoms with Crippen molar-refractivity contribution in [3.05, 3.63) is 35.4 Å². The predicted octanol–water partition coefficient (Wildman–Crippen LogP) is 5.52. The average Bonchev–Trinajstić information content (AvgIpc) is 2.53. The van der Waals surface area contributed by atoms with E-state index >= 15 is 0 Å². The third kappa shape index (κ3) is 3.08. The average molecular weight is 321 g/mol. The van der Waals surface area contributed by atoms with Crippen LogP contribution >= 0.6 is 15.9 Å². The van der Waals surface area contributed by atoms with Gasteiger partial charge in [-0.15, -0.1) is 0 Å². The molecule has 0 saturated heterocycles. The smallest absolute Gasteiger partial charge is 0.166 e. The van der Waals surface area contributed by atoms with Crippen LogP contribution in [0.25, 0.3) is 0 Å². The lowest BCUT2D eigenvalue weighted by Crippen LogP contribution is -2.17. The van der Waals surface area contributed by atoms with Crippen LogP contribution in [-0.4, -0.2) is 4.83 Å². The maximum atomic E-state index is 13.0. The summed E-state index contributed by atoms with van der Waals surface area (Å²) in [7, 11) is 0. The predicted molar refractivity (Wildman–Crippen MR) is 70.0 cm³/mol. The number of hydrogen-bond donors (Lipinski definition) is 0. The molecule has 0 bridgehead atoms. The van der Waals surface area contributed by atoms with Crippen LogP contribution in [-0.2, 0) is 6.18 Å². The lowest BCUT2D eigenvalue weighted by Gasteiger charge is -2.24. The van der Waals surface area contributed by atoms with Gasteiger partial charge in [-0.1, -0.05) is 53.4 Å². The maximum absolute atomic E-state index is 13.0. The molecule has 0 amide bonds. The van der Waals surface area contributed by atoms with E-state index in [2.05, 4.69) is 15.9 Å². The quantitative estimate of drug-likeness (QED) is 0.472. The van der Waals surface area contributed by atoms with E-state index in [1.54, 1.807) is 12.1 Å². The Bertz CT molecular complexity index is 400. The third-order valence-corrected chi connectivity index (χ3v) is 4.69. The summed E-state index contributed by atoms with van der Waals surface area (Å²) in [5, 5.41) is 0. The first-order valence-electron chi connectivity index (χ1n) is 6.30. The van der Waals surface area contributed by atoms with Gasteiger partial charge in [-0.3, -0.25) is 0 Å². The number of hydrogen-bond acceptors (Lipinski definition) is 0. The molecule has 1 aromatic rings. The van der Waals surface area contributed by atoms with Gasteiger partial charge in [-0.05, 0) is 30.4 Å². The van der Waals surface area contributed by atoms with Gasteiger partial charge in [0.05, 0.1) is 5.56 Å². The van der Waals surface area contributed by atoms with Crippen molar-refractivity contribution < 1.29 is 13.2 Å². The van der Waals surface area contributed by atoms with Crippen LogP contribution in [0.3, 0.4) is 0 Å². The molecule has 0 spiro atoms. The lowest BCUT2D eigenvalue weighted by atomic mass is 9.88. The minimum absolute atomic E-state index is 0.0228. The zero-order valence-corrected chi connectivity index (χ0v) is 11.6. The van der Waals surface area contributed by atoms with Crippen molar-refractivity contribution in [2.75, 3.05) is 0 Å². The molecule has 18 heavy (non-hydrogen) atoms. The molecule has 0 aliphatic heterocycles. The van der Waals surface area contributed by atoms with Crippen LogP contribution < -0.4 is 0 Å². The molecular formula is C14H16BrF3.